The fraction of sp³-hybridized carbons (Fsp3) is 0.133. The van der Waals surface area contributed by atoms with Gasteiger partial charge in [-0.3, -0.25) is 10.1 Å². The van der Waals surface area contributed by atoms with E-state index in [0.29, 0.717) is 5.13 Å². The van der Waals surface area contributed by atoms with Crippen LogP contribution in [0.2, 0.25) is 0 Å². The molecule has 7 heteroatoms. The minimum Gasteiger partial charge on any atom is -0.463 e. The topological polar surface area (TPSA) is 68.3 Å². The molecule has 22 heavy (non-hydrogen) atoms. The third-order valence-electron chi connectivity index (χ3n) is 2.53. The molecule has 114 valence electrons. The molecule has 0 saturated heterocycles. The van der Waals surface area contributed by atoms with Crippen molar-refractivity contribution in [3.8, 4) is 11.3 Å². The van der Waals surface area contributed by atoms with E-state index in [9.17, 15) is 9.59 Å². The van der Waals surface area contributed by atoms with E-state index in [4.69, 9.17) is 4.74 Å². The van der Waals surface area contributed by atoms with E-state index in [1.807, 2.05) is 29.6 Å². The van der Waals surface area contributed by atoms with Crippen molar-refractivity contribution in [3.63, 3.8) is 0 Å². The van der Waals surface area contributed by atoms with Crippen molar-refractivity contribution in [2.75, 3.05) is 11.9 Å². The SMILES string of the molecule is CCOC(=O)/C=C/C(=O)Nc1nc(-c2ccc(Br)cc2)cs1. The Labute approximate surface area is 140 Å². The summed E-state index contributed by atoms with van der Waals surface area (Å²) in [6, 6.07) is 7.72. The van der Waals surface area contributed by atoms with Crippen molar-refractivity contribution in [1.29, 1.82) is 0 Å². The number of halogens is 1. The van der Waals surface area contributed by atoms with Crippen molar-refractivity contribution in [2.24, 2.45) is 0 Å². The normalized spacial score (nSPS) is 10.6. The van der Waals surface area contributed by atoms with Gasteiger partial charge >= 0.3 is 5.97 Å². The van der Waals surface area contributed by atoms with Crippen molar-refractivity contribution < 1.29 is 14.3 Å². The lowest BCUT2D eigenvalue weighted by atomic mass is 10.2. The number of ether oxygens (including phenoxy) is 1. The average Bonchev–Trinajstić information content (AvgIpc) is 2.95. The quantitative estimate of drug-likeness (QED) is 0.635. The van der Waals surface area contributed by atoms with Gasteiger partial charge in [-0.2, -0.15) is 0 Å². The lowest BCUT2D eigenvalue weighted by Gasteiger charge is -1.98. The number of nitrogens with one attached hydrogen (secondary N) is 1. The summed E-state index contributed by atoms with van der Waals surface area (Å²) in [7, 11) is 0. The predicted octanol–water partition coefficient (Wildman–Crippen LogP) is 3.63. The van der Waals surface area contributed by atoms with Crippen molar-refractivity contribution in [2.45, 2.75) is 6.92 Å². The molecule has 0 aliphatic rings. The summed E-state index contributed by atoms with van der Waals surface area (Å²) in [5.74, 6) is -0.975. The number of hydrogen-bond acceptors (Lipinski definition) is 5. The van der Waals surface area contributed by atoms with E-state index in [2.05, 4.69) is 26.2 Å². The zero-order chi connectivity index (χ0) is 15.9. The Morgan fingerprint density at radius 2 is 2.05 bits per heavy atom. The number of thiazole rings is 1. The number of benzene rings is 1. The zero-order valence-electron chi connectivity index (χ0n) is 11.7. The van der Waals surface area contributed by atoms with E-state index >= 15 is 0 Å². The smallest absolute Gasteiger partial charge is 0.330 e. The first-order chi connectivity index (χ1) is 10.6. The standard InChI is InChI=1S/C15H13BrN2O3S/c1-2-21-14(20)8-7-13(19)18-15-17-12(9-22-15)10-3-5-11(16)6-4-10/h3-9H,2H2,1H3,(H,17,18,19)/b8-7+. The number of carbonyl (C=O) groups is 2. The number of hydrogen-bond donors (Lipinski definition) is 1. The van der Waals surface area contributed by atoms with Crippen molar-refractivity contribution >= 4 is 44.3 Å². The Kier molecular flexibility index (Phi) is 5.85. The fourth-order valence-electron chi connectivity index (χ4n) is 1.57. The number of nitrogens with zero attached hydrogens (tertiary/aromatic N) is 1. The molecule has 1 aromatic heterocycles. The molecule has 0 fully saturated rings. The molecule has 0 radical (unpaired) electrons. The number of anilines is 1. The zero-order valence-corrected chi connectivity index (χ0v) is 14.1. The van der Waals surface area contributed by atoms with Gasteiger partial charge in [0.05, 0.1) is 12.3 Å². The van der Waals surface area contributed by atoms with Gasteiger partial charge in [0, 0.05) is 27.6 Å². The lowest BCUT2D eigenvalue weighted by Crippen LogP contribution is -2.09. The second-order valence-corrected chi connectivity index (χ2v) is 5.89. The Morgan fingerprint density at radius 3 is 2.73 bits per heavy atom. The van der Waals surface area contributed by atoms with Gasteiger partial charge in [-0.05, 0) is 19.1 Å². The summed E-state index contributed by atoms with van der Waals surface area (Å²) < 4.78 is 5.68. The van der Waals surface area contributed by atoms with Crippen molar-refractivity contribution in [3.05, 3.63) is 46.3 Å². The Balaban J connectivity index is 1.98. The molecule has 2 aromatic rings. The summed E-state index contributed by atoms with van der Waals surface area (Å²) >= 11 is 4.69. The number of rotatable bonds is 5. The Bertz CT molecular complexity index is 695. The molecule has 1 N–H and O–H groups in total. The third-order valence-corrected chi connectivity index (χ3v) is 3.82. The molecule has 1 aromatic carbocycles. The molecule has 2 rings (SSSR count). The monoisotopic (exact) mass is 380 g/mol. The minimum absolute atomic E-state index is 0.272. The van der Waals surface area contributed by atoms with Crippen LogP contribution in [0.1, 0.15) is 6.92 Å². The first-order valence-corrected chi connectivity index (χ1v) is 8.13. The van der Waals surface area contributed by atoms with E-state index in [-0.39, 0.29) is 6.61 Å². The first-order valence-electron chi connectivity index (χ1n) is 6.45. The van der Waals surface area contributed by atoms with Crippen LogP contribution in [-0.2, 0) is 14.3 Å². The Morgan fingerprint density at radius 1 is 1.32 bits per heavy atom. The van der Waals surface area contributed by atoms with Crippen LogP contribution in [0.25, 0.3) is 11.3 Å². The largest absolute Gasteiger partial charge is 0.463 e. The summed E-state index contributed by atoms with van der Waals surface area (Å²) in [4.78, 5) is 27.1. The van der Waals surface area contributed by atoms with Gasteiger partial charge in [-0.15, -0.1) is 11.3 Å². The van der Waals surface area contributed by atoms with Crippen LogP contribution in [0.15, 0.2) is 46.3 Å². The number of esters is 1. The molecular formula is C15H13BrN2O3S. The van der Waals surface area contributed by atoms with Crippen LogP contribution in [0.3, 0.4) is 0 Å². The van der Waals surface area contributed by atoms with Gasteiger partial charge in [0.25, 0.3) is 0 Å². The molecule has 0 aliphatic heterocycles. The highest BCUT2D eigenvalue weighted by Gasteiger charge is 2.07. The molecule has 0 bridgehead atoms. The fourth-order valence-corrected chi connectivity index (χ4v) is 2.55. The summed E-state index contributed by atoms with van der Waals surface area (Å²) in [5.41, 5.74) is 1.74. The van der Waals surface area contributed by atoms with E-state index in [1.165, 1.54) is 11.3 Å². The second kappa shape index (κ2) is 7.86. The van der Waals surface area contributed by atoms with Gasteiger partial charge < -0.3 is 4.74 Å². The highest BCUT2D eigenvalue weighted by atomic mass is 79.9. The molecule has 0 aliphatic carbocycles. The summed E-state index contributed by atoms with van der Waals surface area (Å²) in [6.45, 7) is 1.97. The number of carbonyl (C=O) groups excluding carboxylic acids is 2. The molecule has 5 nitrogen and oxygen atoms in total. The van der Waals surface area contributed by atoms with E-state index < -0.39 is 11.9 Å². The van der Waals surface area contributed by atoms with Gasteiger partial charge in [0.1, 0.15) is 0 Å². The van der Waals surface area contributed by atoms with Crippen LogP contribution in [0.4, 0.5) is 5.13 Å². The number of aromatic nitrogens is 1. The molecule has 0 saturated carbocycles. The molecular weight excluding hydrogens is 368 g/mol. The predicted molar refractivity (Wildman–Crippen MR) is 89.7 cm³/mol. The highest BCUT2D eigenvalue weighted by molar-refractivity contribution is 9.10. The maximum atomic E-state index is 11.7. The molecule has 1 heterocycles. The molecule has 1 amide bonds. The second-order valence-electron chi connectivity index (χ2n) is 4.12. The van der Waals surface area contributed by atoms with Crippen LogP contribution in [0, 0.1) is 0 Å². The molecule has 0 unspecified atom stereocenters. The average molecular weight is 381 g/mol. The third kappa shape index (κ3) is 4.78. The molecule has 0 atom stereocenters. The van der Waals surface area contributed by atoms with Crippen molar-refractivity contribution in [1.82, 2.24) is 4.98 Å². The maximum Gasteiger partial charge on any atom is 0.330 e. The van der Waals surface area contributed by atoms with Gasteiger partial charge in [0.2, 0.25) is 5.91 Å². The lowest BCUT2D eigenvalue weighted by molar-refractivity contribution is -0.137. The highest BCUT2D eigenvalue weighted by Crippen LogP contribution is 2.25. The van der Waals surface area contributed by atoms with Crippen LogP contribution in [-0.4, -0.2) is 23.5 Å². The van der Waals surface area contributed by atoms with Crippen LogP contribution < -0.4 is 5.32 Å². The maximum absolute atomic E-state index is 11.7. The van der Waals surface area contributed by atoms with Gasteiger partial charge in [0.15, 0.2) is 5.13 Å². The van der Waals surface area contributed by atoms with E-state index in [0.717, 1.165) is 27.9 Å². The molecule has 0 spiro atoms. The first kappa shape index (κ1) is 16.4. The van der Waals surface area contributed by atoms with Crippen LogP contribution >= 0.6 is 27.3 Å². The van der Waals surface area contributed by atoms with E-state index in [1.54, 1.807) is 6.92 Å². The summed E-state index contributed by atoms with van der Waals surface area (Å²) in [6.07, 6.45) is 2.21. The Hall–Kier alpha value is -1.99. The van der Waals surface area contributed by atoms with Crippen LogP contribution in [0.5, 0.6) is 0 Å². The number of amides is 1. The van der Waals surface area contributed by atoms with Gasteiger partial charge in [-0.25, -0.2) is 9.78 Å². The summed E-state index contributed by atoms with van der Waals surface area (Å²) in [5, 5.41) is 4.93. The van der Waals surface area contributed by atoms with Gasteiger partial charge in [-0.1, -0.05) is 28.1 Å². The minimum atomic E-state index is -0.549.